The Kier molecular flexibility index (Phi) is 7.13. The number of urea groups is 1. The van der Waals surface area contributed by atoms with E-state index in [1.54, 1.807) is 0 Å². The summed E-state index contributed by atoms with van der Waals surface area (Å²) in [6, 6.07) is -0.129. The number of hydrogen-bond acceptors (Lipinski definition) is 2. The van der Waals surface area contributed by atoms with Gasteiger partial charge in [-0.25, -0.2) is 4.79 Å². The van der Waals surface area contributed by atoms with Gasteiger partial charge in [-0.2, -0.15) is 0 Å². The van der Waals surface area contributed by atoms with Crippen molar-refractivity contribution in [3.63, 3.8) is 0 Å². The molecule has 0 spiro atoms. The molecule has 0 aliphatic carbocycles. The molecule has 0 aliphatic rings. The second kappa shape index (κ2) is 7.91. The minimum atomic E-state index is -0.129. The Balaban J connectivity index is 3.08. The normalized spacial score (nSPS) is 8.75. The highest BCUT2D eigenvalue weighted by Gasteiger charge is 1.94. The predicted molar refractivity (Wildman–Crippen MR) is 47.8 cm³/mol. The maximum atomic E-state index is 10.8. The molecule has 4 heteroatoms. The summed E-state index contributed by atoms with van der Waals surface area (Å²) < 4.78 is 4.87. The fraction of sp³-hybridized carbons (Fsp3) is 0.625. The van der Waals surface area contributed by atoms with Crippen molar-refractivity contribution in [3.8, 4) is 0 Å². The van der Waals surface area contributed by atoms with E-state index in [4.69, 9.17) is 4.74 Å². The maximum absolute atomic E-state index is 10.8. The number of carbonyl (C=O) groups is 1. The lowest BCUT2D eigenvalue weighted by Gasteiger charge is -2.04. The van der Waals surface area contributed by atoms with Crippen molar-refractivity contribution in [1.29, 1.82) is 0 Å². The summed E-state index contributed by atoms with van der Waals surface area (Å²) in [4.78, 5) is 10.8. The van der Waals surface area contributed by atoms with E-state index in [1.165, 1.54) is 6.26 Å². The van der Waals surface area contributed by atoms with Crippen molar-refractivity contribution >= 4 is 6.03 Å². The van der Waals surface area contributed by atoms with E-state index in [2.05, 4.69) is 17.2 Å². The molecule has 0 aromatic heterocycles. The molecule has 0 heterocycles. The van der Waals surface area contributed by atoms with E-state index in [0.717, 1.165) is 6.42 Å². The summed E-state index contributed by atoms with van der Waals surface area (Å²) in [6.07, 6.45) is 2.19. The van der Waals surface area contributed by atoms with Gasteiger partial charge in [-0.3, -0.25) is 0 Å². The molecule has 4 nitrogen and oxygen atoms in total. The van der Waals surface area contributed by atoms with Crippen molar-refractivity contribution in [2.24, 2.45) is 0 Å². The Labute approximate surface area is 73.0 Å². The quantitative estimate of drug-likeness (QED) is 0.461. The minimum Gasteiger partial charge on any atom is -0.502 e. The molecule has 0 rings (SSSR count). The fourth-order valence-corrected chi connectivity index (χ4v) is 0.664. The van der Waals surface area contributed by atoms with Crippen LogP contribution in [0.5, 0.6) is 0 Å². The Hall–Kier alpha value is -1.19. The first-order valence-corrected chi connectivity index (χ1v) is 4.05. The topological polar surface area (TPSA) is 50.4 Å². The number of rotatable bonds is 6. The smallest absolute Gasteiger partial charge is 0.314 e. The van der Waals surface area contributed by atoms with Crippen molar-refractivity contribution in [1.82, 2.24) is 10.6 Å². The Morgan fingerprint density at radius 3 is 2.92 bits per heavy atom. The van der Waals surface area contributed by atoms with Gasteiger partial charge in [-0.15, -0.1) is 0 Å². The summed E-state index contributed by atoms with van der Waals surface area (Å²) in [7, 11) is 0. The first kappa shape index (κ1) is 10.8. The van der Waals surface area contributed by atoms with Gasteiger partial charge < -0.3 is 15.4 Å². The second-order valence-electron chi connectivity index (χ2n) is 2.18. The van der Waals surface area contributed by atoms with Gasteiger partial charge in [-0.1, -0.05) is 6.58 Å². The summed E-state index contributed by atoms with van der Waals surface area (Å²) in [6.45, 7) is 7.14. The largest absolute Gasteiger partial charge is 0.502 e. The molecule has 0 bridgehead atoms. The molecule has 0 aromatic carbocycles. The van der Waals surface area contributed by atoms with E-state index >= 15 is 0 Å². The Morgan fingerprint density at radius 1 is 1.58 bits per heavy atom. The van der Waals surface area contributed by atoms with Crippen LogP contribution in [0.4, 0.5) is 4.79 Å². The molecule has 12 heavy (non-hydrogen) atoms. The highest BCUT2D eigenvalue weighted by Crippen LogP contribution is 1.80. The van der Waals surface area contributed by atoms with Gasteiger partial charge in [0.25, 0.3) is 0 Å². The van der Waals surface area contributed by atoms with Crippen LogP contribution in [0, 0.1) is 0 Å². The molecular formula is C8H16N2O2. The third-order valence-corrected chi connectivity index (χ3v) is 1.18. The van der Waals surface area contributed by atoms with E-state index in [-0.39, 0.29) is 6.03 Å². The Bertz CT molecular complexity index is 137. The predicted octanol–water partition coefficient (Wildman–Crippen LogP) is 0.856. The molecule has 70 valence electrons. The lowest BCUT2D eigenvalue weighted by molar-refractivity contribution is 0.232. The van der Waals surface area contributed by atoms with Gasteiger partial charge in [0.05, 0.1) is 12.9 Å². The molecule has 2 N–H and O–H groups in total. The van der Waals surface area contributed by atoms with Gasteiger partial charge in [0.15, 0.2) is 0 Å². The van der Waals surface area contributed by atoms with Crippen LogP contribution < -0.4 is 10.6 Å². The first-order chi connectivity index (χ1) is 5.81. The second-order valence-corrected chi connectivity index (χ2v) is 2.18. The van der Waals surface area contributed by atoms with Gasteiger partial charge >= 0.3 is 6.03 Å². The van der Waals surface area contributed by atoms with Gasteiger partial charge in [0, 0.05) is 13.1 Å². The van der Waals surface area contributed by atoms with Crippen molar-refractivity contribution in [2.45, 2.75) is 13.3 Å². The highest BCUT2D eigenvalue weighted by atomic mass is 16.5. The van der Waals surface area contributed by atoms with E-state index in [9.17, 15) is 4.79 Å². The molecule has 0 saturated carbocycles. The summed E-state index contributed by atoms with van der Waals surface area (Å²) in [5.74, 6) is 0. The zero-order chi connectivity index (χ0) is 9.23. The molecule has 0 saturated heterocycles. The van der Waals surface area contributed by atoms with Crippen molar-refractivity contribution in [2.75, 3.05) is 19.7 Å². The van der Waals surface area contributed by atoms with Crippen molar-refractivity contribution < 1.29 is 9.53 Å². The number of hydrogen-bond donors (Lipinski definition) is 2. The lowest BCUT2D eigenvalue weighted by Crippen LogP contribution is -2.35. The number of ether oxygens (including phenoxy) is 1. The zero-order valence-electron chi connectivity index (χ0n) is 7.43. The minimum absolute atomic E-state index is 0.129. The number of amides is 2. The molecule has 0 unspecified atom stereocenters. The van der Waals surface area contributed by atoms with Gasteiger partial charge in [-0.05, 0) is 13.3 Å². The molecule has 0 radical (unpaired) electrons. The molecule has 0 fully saturated rings. The average Bonchev–Trinajstić information content (AvgIpc) is 2.05. The molecule has 0 atom stereocenters. The Morgan fingerprint density at radius 2 is 2.33 bits per heavy atom. The number of nitrogens with one attached hydrogen (secondary N) is 2. The van der Waals surface area contributed by atoms with Crippen LogP contribution in [0.25, 0.3) is 0 Å². The third-order valence-electron chi connectivity index (χ3n) is 1.18. The third kappa shape index (κ3) is 6.92. The first-order valence-electron chi connectivity index (χ1n) is 4.05. The van der Waals surface area contributed by atoms with Crippen LogP contribution in [-0.2, 0) is 4.74 Å². The molecular weight excluding hydrogens is 156 g/mol. The summed E-state index contributed by atoms with van der Waals surface area (Å²) in [5.41, 5.74) is 0. The molecule has 0 aliphatic heterocycles. The summed E-state index contributed by atoms with van der Waals surface area (Å²) >= 11 is 0. The van der Waals surface area contributed by atoms with Crippen LogP contribution in [0.15, 0.2) is 12.8 Å². The lowest BCUT2D eigenvalue weighted by atomic mass is 10.4. The maximum Gasteiger partial charge on any atom is 0.314 e. The zero-order valence-corrected chi connectivity index (χ0v) is 7.43. The van der Waals surface area contributed by atoms with Crippen LogP contribution in [0.3, 0.4) is 0 Å². The molecule has 2 amide bonds. The van der Waals surface area contributed by atoms with Crippen molar-refractivity contribution in [3.05, 3.63) is 12.8 Å². The van der Waals surface area contributed by atoms with Crippen LogP contribution >= 0.6 is 0 Å². The van der Waals surface area contributed by atoms with E-state index in [1.807, 2.05) is 6.92 Å². The SMILES string of the molecule is C=COCCCNC(=O)NCC. The average molecular weight is 172 g/mol. The molecule has 0 aromatic rings. The highest BCUT2D eigenvalue weighted by molar-refractivity contribution is 5.73. The fourth-order valence-electron chi connectivity index (χ4n) is 0.664. The monoisotopic (exact) mass is 172 g/mol. The van der Waals surface area contributed by atoms with Crippen LogP contribution in [0.1, 0.15) is 13.3 Å². The van der Waals surface area contributed by atoms with Gasteiger partial charge in [0.1, 0.15) is 0 Å². The van der Waals surface area contributed by atoms with E-state index < -0.39 is 0 Å². The number of carbonyl (C=O) groups excluding carboxylic acids is 1. The standard InChI is InChI=1S/C8H16N2O2/c1-3-9-8(11)10-6-5-7-12-4-2/h4H,2-3,5-7H2,1H3,(H2,9,10,11). The van der Waals surface area contributed by atoms with Crippen LogP contribution in [0.2, 0.25) is 0 Å². The summed E-state index contributed by atoms with van der Waals surface area (Å²) in [5, 5.41) is 5.30. The van der Waals surface area contributed by atoms with Gasteiger partial charge in [0.2, 0.25) is 0 Å². The van der Waals surface area contributed by atoms with E-state index in [0.29, 0.717) is 19.7 Å². The van der Waals surface area contributed by atoms with Crippen LogP contribution in [-0.4, -0.2) is 25.7 Å².